The van der Waals surface area contributed by atoms with E-state index in [4.69, 9.17) is 5.73 Å². The topological polar surface area (TPSA) is 139 Å². The summed E-state index contributed by atoms with van der Waals surface area (Å²) in [6.45, 7) is 1.62. The van der Waals surface area contributed by atoms with Crippen LogP contribution >= 0.6 is 11.3 Å². The van der Waals surface area contributed by atoms with Crippen LogP contribution in [0.15, 0.2) is 30.3 Å². The lowest BCUT2D eigenvalue weighted by Gasteiger charge is -2.23. The Kier molecular flexibility index (Phi) is 5.67. The largest absolute Gasteiger partial charge is 0.351 e. The van der Waals surface area contributed by atoms with Crippen LogP contribution in [0.25, 0.3) is 10.4 Å². The number of anilines is 1. The fraction of sp³-hybridized carbons (Fsp3) is 0.294. The monoisotopic (exact) mass is 389 g/mol. The number of non-ortho nitro benzene ring substituents is 1. The van der Waals surface area contributed by atoms with Crippen LogP contribution in [0.3, 0.4) is 0 Å². The molecule has 27 heavy (non-hydrogen) atoms. The maximum Gasteiger partial charge on any atom is 0.316 e. The summed E-state index contributed by atoms with van der Waals surface area (Å²) in [7, 11) is 0. The first kappa shape index (κ1) is 18.8. The van der Waals surface area contributed by atoms with Gasteiger partial charge in [0.05, 0.1) is 10.6 Å². The molecule has 0 spiro atoms. The van der Waals surface area contributed by atoms with Crippen LogP contribution in [0.2, 0.25) is 0 Å². The molecule has 2 aromatic rings. The fourth-order valence-corrected chi connectivity index (χ4v) is 3.94. The van der Waals surface area contributed by atoms with Crippen molar-refractivity contribution in [2.24, 2.45) is 5.73 Å². The zero-order valence-corrected chi connectivity index (χ0v) is 15.2. The molecule has 1 aliphatic rings. The predicted molar refractivity (Wildman–Crippen MR) is 103 cm³/mol. The molecule has 1 saturated heterocycles. The number of hydrogen-bond donors (Lipinski definition) is 4. The third-order valence-corrected chi connectivity index (χ3v) is 5.35. The zero-order chi connectivity index (χ0) is 19.4. The first-order valence-corrected chi connectivity index (χ1v) is 9.22. The molecule has 1 aromatic heterocycles. The first-order chi connectivity index (χ1) is 12.9. The van der Waals surface area contributed by atoms with Crippen LogP contribution in [0.5, 0.6) is 0 Å². The molecule has 0 unspecified atom stereocenters. The lowest BCUT2D eigenvalue weighted by molar-refractivity contribution is -0.384. The van der Waals surface area contributed by atoms with Crippen LogP contribution in [0.4, 0.5) is 16.2 Å². The van der Waals surface area contributed by atoms with Gasteiger partial charge >= 0.3 is 6.03 Å². The highest BCUT2D eigenvalue weighted by molar-refractivity contribution is 7.18. The van der Waals surface area contributed by atoms with Gasteiger partial charge in [0.15, 0.2) is 0 Å². The van der Waals surface area contributed by atoms with Gasteiger partial charge in [0.25, 0.3) is 11.6 Å². The molecule has 10 heteroatoms. The molecule has 3 amide bonds. The van der Waals surface area contributed by atoms with Gasteiger partial charge in [0.2, 0.25) is 0 Å². The molecule has 0 bridgehead atoms. The Labute approximate surface area is 159 Å². The van der Waals surface area contributed by atoms with E-state index < -0.39 is 11.0 Å². The average Bonchev–Trinajstić information content (AvgIpc) is 3.06. The smallest absolute Gasteiger partial charge is 0.316 e. The molecule has 1 aliphatic heterocycles. The molecule has 0 radical (unpaired) electrons. The second kappa shape index (κ2) is 8.14. The van der Waals surface area contributed by atoms with Crippen LogP contribution in [0, 0.1) is 10.1 Å². The standard InChI is InChI=1S/C17H19N5O4S/c18-17(24)21-13-8-14(10-3-1-5-12(7-10)22(25)26)27-15(13)16(23)20-11-4-2-6-19-9-11/h1,3,5,7-8,11,19H,2,4,6,9H2,(H,20,23)(H3,18,21,24)/t11-/m0/s1. The number of piperidine rings is 1. The summed E-state index contributed by atoms with van der Waals surface area (Å²) >= 11 is 1.15. The van der Waals surface area contributed by atoms with Crippen LogP contribution in [-0.4, -0.2) is 36.0 Å². The SMILES string of the molecule is NC(=O)Nc1cc(-c2cccc([N+](=O)[O-])c2)sc1C(=O)N[C@H]1CCCNC1. The van der Waals surface area contributed by atoms with Crippen molar-refractivity contribution in [2.45, 2.75) is 18.9 Å². The summed E-state index contributed by atoms with van der Waals surface area (Å²) in [4.78, 5) is 35.5. The lowest BCUT2D eigenvalue weighted by atomic mass is 10.1. The Morgan fingerprint density at radius 1 is 1.33 bits per heavy atom. The fourth-order valence-electron chi connectivity index (χ4n) is 2.93. The number of urea groups is 1. The normalized spacial score (nSPS) is 16.5. The molecule has 1 atom stereocenters. The van der Waals surface area contributed by atoms with Gasteiger partial charge in [-0.3, -0.25) is 14.9 Å². The maximum absolute atomic E-state index is 12.7. The van der Waals surface area contributed by atoms with Gasteiger partial charge in [0.1, 0.15) is 4.88 Å². The second-order valence-corrected chi connectivity index (χ2v) is 7.22. The third kappa shape index (κ3) is 4.60. The molecule has 3 rings (SSSR count). The number of amides is 3. The number of hydrogen-bond acceptors (Lipinski definition) is 6. The van der Waals surface area contributed by atoms with Gasteiger partial charge in [-0.1, -0.05) is 12.1 Å². The van der Waals surface area contributed by atoms with Gasteiger partial charge in [-0.25, -0.2) is 4.79 Å². The highest BCUT2D eigenvalue weighted by atomic mass is 32.1. The van der Waals surface area contributed by atoms with Gasteiger partial charge in [-0.05, 0) is 31.0 Å². The van der Waals surface area contributed by atoms with E-state index in [1.165, 1.54) is 12.1 Å². The summed E-state index contributed by atoms with van der Waals surface area (Å²) in [5.74, 6) is -0.311. The van der Waals surface area contributed by atoms with Crippen molar-refractivity contribution >= 4 is 34.6 Å². The van der Waals surface area contributed by atoms with Gasteiger partial charge in [-0.2, -0.15) is 0 Å². The van der Waals surface area contributed by atoms with Crippen LogP contribution in [-0.2, 0) is 0 Å². The number of nitrogens with one attached hydrogen (secondary N) is 3. The van der Waals surface area contributed by atoms with E-state index in [1.807, 2.05) is 0 Å². The van der Waals surface area contributed by atoms with Crippen molar-refractivity contribution < 1.29 is 14.5 Å². The number of primary amides is 1. The lowest BCUT2D eigenvalue weighted by Crippen LogP contribution is -2.45. The number of carbonyl (C=O) groups is 2. The van der Waals surface area contributed by atoms with E-state index in [0.717, 1.165) is 30.7 Å². The van der Waals surface area contributed by atoms with Crippen molar-refractivity contribution in [2.75, 3.05) is 18.4 Å². The molecule has 2 heterocycles. The minimum atomic E-state index is -0.785. The number of carbonyl (C=O) groups excluding carboxylic acids is 2. The van der Waals surface area contributed by atoms with Crippen molar-refractivity contribution in [1.82, 2.24) is 10.6 Å². The Bertz CT molecular complexity index is 876. The van der Waals surface area contributed by atoms with E-state index in [9.17, 15) is 19.7 Å². The summed E-state index contributed by atoms with van der Waals surface area (Å²) in [5.41, 5.74) is 6.03. The van der Waals surface area contributed by atoms with Crippen molar-refractivity contribution in [3.8, 4) is 10.4 Å². The number of rotatable bonds is 5. The molecule has 0 saturated carbocycles. The highest BCUT2D eigenvalue weighted by Crippen LogP contribution is 2.36. The Hall–Kier alpha value is -2.98. The van der Waals surface area contributed by atoms with Crippen molar-refractivity contribution in [3.05, 3.63) is 45.3 Å². The van der Waals surface area contributed by atoms with Gasteiger partial charge in [0, 0.05) is 29.6 Å². The number of thiophene rings is 1. The van der Waals surface area contributed by atoms with Crippen molar-refractivity contribution in [1.29, 1.82) is 0 Å². The Balaban J connectivity index is 1.90. The minimum absolute atomic E-state index is 0.0102. The molecule has 142 valence electrons. The summed E-state index contributed by atoms with van der Waals surface area (Å²) in [6, 6.07) is 6.92. The molecular weight excluding hydrogens is 370 g/mol. The second-order valence-electron chi connectivity index (χ2n) is 6.17. The van der Waals surface area contributed by atoms with Crippen LogP contribution in [0.1, 0.15) is 22.5 Å². The van der Waals surface area contributed by atoms with E-state index in [2.05, 4.69) is 16.0 Å². The quantitative estimate of drug-likeness (QED) is 0.459. The van der Waals surface area contributed by atoms with E-state index in [-0.39, 0.29) is 23.3 Å². The first-order valence-electron chi connectivity index (χ1n) is 8.40. The summed E-state index contributed by atoms with van der Waals surface area (Å²) < 4.78 is 0. The molecular formula is C17H19N5O4S. The molecule has 1 aromatic carbocycles. The molecule has 9 nitrogen and oxygen atoms in total. The van der Waals surface area contributed by atoms with Gasteiger partial charge in [-0.15, -0.1) is 11.3 Å². The number of nitrogens with two attached hydrogens (primary N) is 1. The Morgan fingerprint density at radius 3 is 2.81 bits per heavy atom. The zero-order valence-electron chi connectivity index (χ0n) is 14.4. The average molecular weight is 389 g/mol. The minimum Gasteiger partial charge on any atom is -0.351 e. The van der Waals surface area contributed by atoms with E-state index >= 15 is 0 Å². The molecule has 5 N–H and O–H groups in total. The van der Waals surface area contributed by atoms with Gasteiger partial charge < -0.3 is 21.7 Å². The Morgan fingerprint density at radius 2 is 2.15 bits per heavy atom. The molecule has 1 fully saturated rings. The van der Waals surface area contributed by atoms with Crippen LogP contribution < -0.4 is 21.7 Å². The summed E-state index contributed by atoms with van der Waals surface area (Å²) in [5, 5.41) is 19.6. The third-order valence-electron chi connectivity index (χ3n) is 4.17. The predicted octanol–water partition coefficient (Wildman–Crippen LogP) is 2.30. The number of nitrogens with zero attached hydrogens (tertiary/aromatic N) is 1. The maximum atomic E-state index is 12.7. The number of nitro benzene ring substituents is 1. The van der Waals surface area contributed by atoms with E-state index in [0.29, 0.717) is 21.9 Å². The van der Waals surface area contributed by atoms with Crippen molar-refractivity contribution in [3.63, 3.8) is 0 Å². The summed E-state index contributed by atoms with van der Waals surface area (Å²) in [6.07, 6.45) is 1.85. The highest BCUT2D eigenvalue weighted by Gasteiger charge is 2.22. The molecule has 0 aliphatic carbocycles. The van der Waals surface area contributed by atoms with E-state index in [1.54, 1.807) is 18.2 Å². The number of nitro groups is 1. The number of benzene rings is 1.